The Bertz CT molecular complexity index is 652. The molecule has 0 saturated heterocycles. The van der Waals surface area contributed by atoms with Gasteiger partial charge in [-0.05, 0) is 18.2 Å². The Balaban J connectivity index is 1.95. The van der Waals surface area contributed by atoms with Gasteiger partial charge in [-0.15, -0.1) is 0 Å². The number of nitrogens with one attached hydrogen (secondary N) is 1. The van der Waals surface area contributed by atoms with Crippen molar-refractivity contribution in [3.63, 3.8) is 0 Å². The molecule has 19 heavy (non-hydrogen) atoms. The Hall–Kier alpha value is -2.76. The topological polar surface area (TPSA) is 62.3 Å². The number of aromatic nitrogens is 1. The Labute approximate surface area is 107 Å². The number of nitrogens with zero attached hydrogens (tertiary/aromatic N) is 2. The van der Waals surface area contributed by atoms with Gasteiger partial charge in [0.2, 0.25) is 0 Å². The Morgan fingerprint density at radius 1 is 1.05 bits per heavy atom. The van der Waals surface area contributed by atoms with Gasteiger partial charge in [0.05, 0.1) is 23.0 Å². The zero-order chi connectivity index (χ0) is 13.4. The second kappa shape index (κ2) is 4.16. The molecule has 0 unspecified atom stereocenters. The number of amides is 2. The Morgan fingerprint density at radius 3 is 2.26 bits per heavy atom. The maximum Gasteiger partial charge on any atom is 0.280 e. The van der Waals surface area contributed by atoms with Gasteiger partial charge in [-0.2, -0.15) is 5.01 Å². The molecule has 0 spiro atoms. The van der Waals surface area contributed by atoms with Gasteiger partial charge in [0.25, 0.3) is 11.8 Å². The van der Waals surface area contributed by atoms with E-state index in [0.29, 0.717) is 11.1 Å². The molecule has 0 aliphatic carbocycles. The summed E-state index contributed by atoms with van der Waals surface area (Å²) in [5, 5.41) is 0.795. The average molecular weight is 257 g/mol. The molecule has 2 heterocycles. The van der Waals surface area contributed by atoms with Crippen LogP contribution in [-0.2, 0) is 0 Å². The van der Waals surface area contributed by atoms with Gasteiger partial charge >= 0.3 is 0 Å². The summed E-state index contributed by atoms with van der Waals surface area (Å²) in [5.41, 5.74) is 3.09. The van der Waals surface area contributed by atoms with E-state index in [9.17, 15) is 14.0 Å². The minimum Gasteiger partial charge on any atom is -0.285 e. The standard InChI is InChI=1S/C13H8FN3O2/c14-10-7-15-6-5-11(10)16-17-12(18)8-3-1-2-4-9(8)13(17)19/h1-7H,(H,15,16). The van der Waals surface area contributed by atoms with E-state index in [1.165, 1.54) is 12.3 Å². The van der Waals surface area contributed by atoms with Crippen molar-refractivity contribution in [2.45, 2.75) is 0 Å². The van der Waals surface area contributed by atoms with E-state index in [-0.39, 0.29) is 5.69 Å². The van der Waals surface area contributed by atoms with Crippen LogP contribution in [0.1, 0.15) is 20.7 Å². The summed E-state index contributed by atoms with van der Waals surface area (Å²) in [4.78, 5) is 27.6. The fourth-order valence-electron chi connectivity index (χ4n) is 1.88. The van der Waals surface area contributed by atoms with Gasteiger partial charge in [-0.3, -0.25) is 20.0 Å². The quantitative estimate of drug-likeness (QED) is 0.834. The van der Waals surface area contributed by atoms with Crippen molar-refractivity contribution in [3.05, 3.63) is 59.7 Å². The summed E-state index contributed by atoms with van der Waals surface area (Å²) < 4.78 is 13.5. The highest BCUT2D eigenvalue weighted by atomic mass is 19.1. The first-order valence-corrected chi connectivity index (χ1v) is 5.52. The Kier molecular flexibility index (Phi) is 2.49. The van der Waals surface area contributed by atoms with Crippen molar-refractivity contribution >= 4 is 17.5 Å². The SMILES string of the molecule is O=C1c2ccccc2C(=O)N1Nc1ccncc1F. The predicted molar refractivity (Wildman–Crippen MR) is 64.8 cm³/mol. The minimum absolute atomic E-state index is 0.0181. The molecule has 94 valence electrons. The molecule has 2 amide bonds. The van der Waals surface area contributed by atoms with Crippen LogP contribution in [0.15, 0.2) is 42.7 Å². The van der Waals surface area contributed by atoms with Crippen molar-refractivity contribution in [2.75, 3.05) is 5.43 Å². The van der Waals surface area contributed by atoms with Crippen LogP contribution in [0.2, 0.25) is 0 Å². The van der Waals surface area contributed by atoms with E-state index >= 15 is 0 Å². The normalized spacial score (nSPS) is 13.6. The highest BCUT2D eigenvalue weighted by Gasteiger charge is 2.35. The van der Waals surface area contributed by atoms with Gasteiger partial charge in [0, 0.05) is 6.20 Å². The number of carbonyl (C=O) groups is 2. The van der Waals surface area contributed by atoms with Crippen molar-refractivity contribution in [3.8, 4) is 0 Å². The molecule has 1 aromatic carbocycles. The number of hydrogen-bond donors (Lipinski definition) is 1. The first-order chi connectivity index (χ1) is 9.18. The summed E-state index contributed by atoms with van der Waals surface area (Å²) in [6, 6.07) is 7.79. The fourth-order valence-corrected chi connectivity index (χ4v) is 1.88. The van der Waals surface area contributed by atoms with Crippen molar-refractivity contribution < 1.29 is 14.0 Å². The summed E-state index contributed by atoms with van der Waals surface area (Å²) in [6.45, 7) is 0. The van der Waals surface area contributed by atoms with Crippen LogP contribution in [0.3, 0.4) is 0 Å². The highest BCUT2D eigenvalue weighted by molar-refractivity contribution is 6.21. The van der Waals surface area contributed by atoms with E-state index in [2.05, 4.69) is 10.4 Å². The Morgan fingerprint density at radius 2 is 1.68 bits per heavy atom. The third kappa shape index (κ3) is 1.74. The monoisotopic (exact) mass is 257 g/mol. The molecule has 5 nitrogen and oxygen atoms in total. The van der Waals surface area contributed by atoms with E-state index < -0.39 is 17.6 Å². The van der Waals surface area contributed by atoms with Crippen molar-refractivity contribution in [1.82, 2.24) is 9.99 Å². The molecule has 0 bridgehead atoms. The highest BCUT2D eigenvalue weighted by Crippen LogP contribution is 2.23. The zero-order valence-electron chi connectivity index (χ0n) is 9.63. The smallest absolute Gasteiger partial charge is 0.280 e. The number of halogens is 1. The first-order valence-electron chi connectivity index (χ1n) is 5.52. The van der Waals surface area contributed by atoms with Crippen LogP contribution in [-0.4, -0.2) is 21.8 Å². The first kappa shape index (κ1) is 11.3. The predicted octanol–water partition coefficient (Wildman–Crippen LogP) is 1.84. The number of anilines is 1. The molecule has 0 fully saturated rings. The second-order valence-corrected chi connectivity index (χ2v) is 3.96. The molecule has 0 radical (unpaired) electrons. The fraction of sp³-hybridized carbons (Fsp3) is 0. The molecule has 1 aromatic heterocycles. The van der Waals surface area contributed by atoms with Crippen molar-refractivity contribution in [1.29, 1.82) is 0 Å². The summed E-state index contributed by atoms with van der Waals surface area (Å²) >= 11 is 0. The number of imide groups is 1. The van der Waals surface area contributed by atoms with Crippen LogP contribution in [0.5, 0.6) is 0 Å². The summed E-state index contributed by atoms with van der Waals surface area (Å²) in [7, 11) is 0. The lowest BCUT2D eigenvalue weighted by atomic mass is 10.1. The van der Waals surface area contributed by atoms with Gasteiger partial charge in [0.1, 0.15) is 0 Å². The van der Waals surface area contributed by atoms with Crippen molar-refractivity contribution in [2.24, 2.45) is 0 Å². The summed E-state index contributed by atoms with van der Waals surface area (Å²) in [5.74, 6) is -1.65. The molecule has 0 atom stereocenters. The molecule has 1 aliphatic rings. The number of hydrogen-bond acceptors (Lipinski definition) is 4. The number of hydrazine groups is 1. The largest absolute Gasteiger partial charge is 0.285 e. The molecule has 1 aliphatic heterocycles. The number of rotatable bonds is 2. The maximum absolute atomic E-state index is 13.5. The van der Waals surface area contributed by atoms with Crippen LogP contribution in [0.25, 0.3) is 0 Å². The minimum atomic E-state index is -0.640. The van der Waals surface area contributed by atoms with E-state index in [4.69, 9.17) is 0 Å². The number of benzene rings is 1. The molecular weight excluding hydrogens is 249 g/mol. The lowest BCUT2D eigenvalue weighted by Crippen LogP contribution is -2.35. The van der Waals surface area contributed by atoms with Gasteiger partial charge in [-0.1, -0.05) is 12.1 Å². The van der Waals surface area contributed by atoms with Gasteiger partial charge in [0.15, 0.2) is 5.82 Å². The summed E-state index contributed by atoms with van der Waals surface area (Å²) in [6.07, 6.45) is 2.37. The van der Waals surface area contributed by atoms with Crippen LogP contribution in [0.4, 0.5) is 10.1 Å². The second-order valence-electron chi connectivity index (χ2n) is 3.96. The number of pyridine rings is 1. The lowest BCUT2D eigenvalue weighted by Gasteiger charge is -2.16. The number of fused-ring (bicyclic) bond motifs is 1. The van der Waals surface area contributed by atoms with E-state index in [0.717, 1.165) is 11.2 Å². The molecule has 1 N–H and O–H groups in total. The zero-order valence-corrected chi connectivity index (χ0v) is 9.63. The molecule has 2 aromatic rings. The van der Waals surface area contributed by atoms with Crippen LogP contribution >= 0.6 is 0 Å². The molecular formula is C13H8FN3O2. The average Bonchev–Trinajstić information content (AvgIpc) is 2.67. The maximum atomic E-state index is 13.5. The van der Waals surface area contributed by atoms with E-state index in [1.54, 1.807) is 24.3 Å². The van der Waals surface area contributed by atoms with Crippen LogP contribution in [0, 0.1) is 5.82 Å². The molecule has 3 rings (SSSR count). The molecule has 6 heteroatoms. The number of carbonyl (C=O) groups excluding carboxylic acids is 2. The molecule has 0 saturated carbocycles. The third-order valence-electron chi connectivity index (χ3n) is 2.80. The lowest BCUT2D eigenvalue weighted by molar-refractivity contribution is 0.0691. The van der Waals surface area contributed by atoms with Gasteiger partial charge < -0.3 is 0 Å². The third-order valence-corrected chi connectivity index (χ3v) is 2.80. The van der Waals surface area contributed by atoms with Crippen LogP contribution < -0.4 is 5.43 Å². The van der Waals surface area contributed by atoms with Gasteiger partial charge in [-0.25, -0.2) is 4.39 Å². The van der Waals surface area contributed by atoms with E-state index in [1.807, 2.05) is 0 Å².